The number of ether oxygens (including phenoxy) is 2. The number of urea groups is 1. The third kappa shape index (κ3) is 5.87. The van der Waals surface area contributed by atoms with E-state index < -0.39 is 0 Å². The minimum Gasteiger partial charge on any atom is -0.486 e. The van der Waals surface area contributed by atoms with Gasteiger partial charge in [0.25, 0.3) is 0 Å². The third-order valence-electron chi connectivity index (χ3n) is 4.47. The average molecular weight is 462 g/mol. The Balaban J connectivity index is 1.49. The third-order valence-corrected chi connectivity index (χ3v) is 5.00. The van der Waals surface area contributed by atoms with Gasteiger partial charge in [-0.25, -0.2) is 4.79 Å². The van der Waals surface area contributed by atoms with Gasteiger partial charge in [0, 0.05) is 41.8 Å². The Labute approximate surface area is 178 Å². The zero-order valence-corrected chi connectivity index (χ0v) is 17.8. The number of para-hydroxylation sites is 1. The topological polar surface area (TPSA) is 79.9 Å². The van der Waals surface area contributed by atoms with Crippen LogP contribution in [-0.4, -0.2) is 43.1 Å². The number of amides is 3. The summed E-state index contributed by atoms with van der Waals surface area (Å²) in [7, 11) is 0. The summed E-state index contributed by atoms with van der Waals surface area (Å²) in [5, 5.41) is 5.45. The van der Waals surface area contributed by atoms with Gasteiger partial charge < -0.3 is 25.0 Å². The molecule has 0 spiro atoms. The zero-order valence-electron chi connectivity index (χ0n) is 16.2. The first-order chi connectivity index (χ1) is 14.1. The van der Waals surface area contributed by atoms with E-state index in [0.717, 1.165) is 10.0 Å². The van der Waals surface area contributed by atoms with Gasteiger partial charge in [0.05, 0.1) is 0 Å². The number of anilines is 1. The number of benzene rings is 2. The van der Waals surface area contributed by atoms with Crippen LogP contribution in [0.15, 0.2) is 46.9 Å². The minimum atomic E-state index is -0.342. The number of nitrogens with zero attached hydrogens (tertiary/aromatic N) is 1. The van der Waals surface area contributed by atoms with Crippen molar-refractivity contribution in [2.24, 2.45) is 0 Å². The largest absolute Gasteiger partial charge is 0.486 e. The molecule has 0 bridgehead atoms. The number of rotatable bonds is 7. The van der Waals surface area contributed by atoms with Gasteiger partial charge in [-0.1, -0.05) is 28.1 Å². The summed E-state index contributed by atoms with van der Waals surface area (Å²) in [5.41, 5.74) is 1.60. The maximum absolute atomic E-state index is 12.6. The maximum atomic E-state index is 12.6. The Kier molecular flexibility index (Phi) is 7.35. The first-order valence-electron chi connectivity index (χ1n) is 9.52. The van der Waals surface area contributed by atoms with Crippen LogP contribution in [0, 0.1) is 0 Å². The second-order valence-corrected chi connectivity index (χ2v) is 7.40. The normalized spacial score (nSPS) is 12.2. The van der Waals surface area contributed by atoms with Crippen LogP contribution < -0.4 is 20.1 Å². The number of nitrogens with one attached hydrogen (secondary N) is 2. The van der Waals surface area contributed by atoms with Crippen LogP contribution in [-0.2, 0) is 11.3 Å². The highest BCUT2D eigenvalue weighted by molar-refractivity contribution is 9.10. The first-order valence-corrected chi connectivity index (χ1v) is 10.3. The van der Waals surface area contributed by atoms with Crippen molar-refractivity contribution in [3.05, 3.63) is 52.5 Å². The van der Waals surface area contributed by atoms with Crippen LogP contribution in [0.25, 0.3) is 0 Å². The molecule has 0 unspecified atom stereocenters. The summed E-state index contributed by atoms with van der Waals surface area (Å²) in [6.07, 6.45) is 0.216. The van der Waals surface area contributed by atoms with Gasteiger partial charge in [0.15, 0.2) is 11.5 Å². The summed E-state index contributed by atoms with van der Waals surface area (Å²) in [5.74, 6) is 1.38. The zero-order chi connectivity index (χ0) is 20.6. The first kappa shape index (κ1) is 21.0. The van der Waals surface area contributed by atoms with Crippen molar-refractivity contribution in [3.8, 4) is 11.5 Å². The highest BCUT2D eigenvalue weighted by Gasteiger charge is 2.19. The fraction of sp³-hybridized carbons (Fsp3) is 0.333. The summed E-state index contributed by atoms with van der Waals surface area (Å²) in [4.78, 5) is 26.3. The van der Waals surface area contributed by atoms with Crippen LogP contribution in [0.3, 0.4) is 0 Å². The van der Waals surface area contributed by atoms with E-state index >= 15 is 0 Å². The highest BCUT2D eigenvalue weighted by Crippen LogP contribution is 2.34. The lowest BCUT2D eigenvalue weighted by Gasteiger charge is -2.25. The van der Waals surface area contributed by atoms with E-state index in [9.17, 15) is 9.59 Å². The van der Waals surface area contributed by atoms with Gasteiger partial charge in [-0.2, -0.15) is 0 Å². The van der Waals surface area contributed by atoms with E-state index in [0.29, 0.717) is 43.5 Å². The van der Waals surface area contributed by atoms with E-state index in [-0.39, 0.29) is 24.9 Å². The molecule has 0 saturated heterocycles. The number of hydrogen-bond acceptors (Lipinski definition) is 4. The molecular weight excluding hydrogens is 438 g/mol. The molecule has 29 heavy (non-hydrogen) atoms. The molecule has 1 aliphatic rings. The van der Waals surface area contributed by atoms with Gasteiger partial charge in [-0.15, -0.1) is 0 Å². The van der Waals surface area contributed by atoms with Crippen molar-refractivity contribution in [2.75, 3.05) is 31.6 Å². The molecular formula is C21H24BrN3O4. The fourth-order valence-corrected chi connectivity index (χ4v) is 3.25. The molecule has 0 aromatic heterocycles. The maximum Gasteiger partial charge on any atom is 0.319 e. The van der Waals surface area contributed by atoms with Crippen LogP contribution >= 0.6 is 15.9 Å². The quantitative estimate of drug-likeness (QED) is 0.657. The van der Waals surface area contributed by atoms with Crippen LogP contribution in [0.2, 0.25) is 0 Å². The monoisotopic (exact) mass is 461 g/mol. The molecule has 2 aromatic carbocycles. The van der Waals surface area contributed by atoms with Crippen molar-refractivity contribution >= 4 is 33.6 Å². The number of carbonyl (C=O) groups is 2. The smallest absolute Gasteiger partial charge is 0.319 e. The van der Waals surface area contributed by atoms with Crippen molar-refractivity contribution in [1.82, 2.24) is 10.2 Å². The second kappa shape index (κ2) is 10.2. The summed E-state index contributed by atoms with van der Waals surface area (Å²) < 4.78 is 12.3. The summed E-state index contributed by atoms with van der Waals surface area (Å²) in [6.45, 7) is 4.21. The molecule has 3 rings (SSSR count). The molecule has 1 aliphatic heterocycles. The lowest BCUT2D eigenvalue weighted by molar-refractivity contribution is -0.131. The molecule has 8 heteroatoms. The lowest BCUT2D eigenvalue weighted by Crippen LogP contribution is -2.35. The van der Waals surface area contributed by atoms with E-state index in [1.165, 1.54) is 0 Å². The van der Waals surface area contributed by atoms with Crippen LogP contribution in [0.4, 0.5) is 10.5 Å². The molecule has 3 amide bonds. The molecule has 0 radical (unpaired) electrons. The lowest BCUT2D eigenvalue weighted by atomic mass is 10.1. The molecule has 0 atom stereocenters. The molecule has 2 N–H and O–H groups in total. The van der Waals surface area contributed by atoms with E-state index in [4.69, 9.17) is 9.47 Å². The summed E-state index contributed by atoms with van der Waals surface area (Å²) >= 11 is 3.35. The van der Waals surface area contributed by atoms with Crippen LogP contribution in [0.5, 0.6) is 11.5 Å². The standard InChI is InChI=1S/C21H24BrN3O4/c1-2-25(14-15-4-3-5-18-20(15)29-13-12-28-18)19(26)10-11-23-21(27)24-17-8-6-16(22)7-9-17/h3-9H,2,10-14H2,1H3,(H2,23,24,27). The Morgan fingerprint density at radius 1 is 1.10 bits per heavy atom. The Bertz CT molecular complexity index is 858. The predicted octanol–water partition coefficient (Wildman–Crippen LogP) is 3.78. The molecule has 154 valence electrons. The van der Waals surface area contributed by atoms with Gasteiger partial charge >= 0.3 is 6.03 Å². The van der Waals surface area contributed by atoms with E-state index in [2.05, 4.69) is 26.6 Å². The van der Waals surface area contributed by atoms with Crippen molar-refractivity contribution in [3.63, 3.8) is 0 Å². The number of halogens is 1. The number of carbonyl (C=O) groups excluding carboxylic acids is 2. The van der Waals surface area contributed by atoms with E-state index in [1.807, 2.05) is 37.3 Å². The minimum absolute atomic E-state index is 0.0363. The van der Waals surface area contributed by atoms with Gasteiger partial charge in [-0.3, -0.25) is 4.79 Å². The molecule has 0 aliphatic carbocycles. The summed E-state index contributed by atoms with van der Waals surface area (Å²) in [6, 6.07) is 12.6. The second-order valence-electron chi connectivity index (χ2n) is 6.49. The number of fused-ring (bicyclic) bond motifs is 1. The molecule has 7 nitrogen and oxygen atoms in total. The van der Waals surface area contributed by atoms with Crippen molar-refractivity contribution < 1.29 is 19.1 Å². The van der Waals surface area contributed by atoms with Gasteiger partial charge in [0.1, 0.15) is 13.2 Å². The highest BCUT2D eigenvalue weighted by atomic mass is 79.9. The fourth-order valence-electron chi connectivity index (χ4n) is 2.99. The Morgan fingerprint density at radius 3 is 2.62 bits per heavy atom. The number of hydrogen-bond donors (Lipinski definition) is 2. The predicted molar refractivity (Wildman–Crippen MR) is 114 cm³/mol. The Hall–Kier alpha value is -2.74. The SMILES string of the molecule is CCN(Cc1cccc2c1OCCO2)C(=O)CCNC(=O)Nc1ccc(Br)cc1. The molecule has 0 saturated carbocycles. The van der Waals surface area contributed by atoms with Crippen LogP contribution in [0.1, 0.15) is 18.9 Å². The Morgan fingerprint density at radius 2 is 1.86 bits per heavy atom. The van der Waals surface area contributed by atoms with E-state index in [1.54, 1.807) is 17.0 Å². The molecule has 2 aromatic rings. The molecule has 0 fully saturated rings. The average Bonchev–Trinajstić information content (AvgIpc) is 2.73. The molecule has 1 heterocycles. The van der Waals surface area contributed by atoms with Gasteiger partial charge in [-0.05, 0) is 37.3 Å². The van der Waals surface area contributed by atoms with Crippen molar-refractivity contribution in [1.29, 1.82) is 0 Å². The van der Waals surface area contributed by atoms with Gasteiger partial charge in [0.2, 0.25) is 5.91 Å². The van der Waals surface area contributed by atoms with Crippen molar-refractivity contribution in [2.45, 2.75) is 19.9 Å².